The predicted octanol–water partition coefficient (Wildman–Crippen LogP) is 5.07. The Hall–Kier alpha value is -4.15. The van der Waals surface area contributed by atoms with E-state index >= 15 is 0 Å². The number of carbonyl (C=O) groups excluding carboxylic acids is 3. The molecule has 0 radical (unpaired) electrons. The summed E-state index contributed by atoms with van der Waals surface area (Å²) in [6, 6.07) is 23.5. The number of fused-ring (bicyclic) bond motifs is 1. The summed E-state index contributed by atoms with van der Waals surface area (Å²) in [5.74, 6) is 0.0507. The topological polar surface area (TPSA) is 106 Å². The zero-order valence-corrected chi connectivity index (χ0v) is 28.7. The lowest BCUT2D eigenvalue weighted by Crippen LogP contribution is -2.51. The van der Waals surface area contributed by atoms with E-state index in [1.54, 1.807) is 24.3 Å². The number of imidazole rings is 1. The Bertz CT molecular complexity index is 1590. The van der Waals surface area contributed by atoms with Crippen LogP contribution in [0.25, 0.3) is 10.8 Å². The highest BCUT2D eigenvalue weighted by atomic mass is 32.2. The van der Waals surface area contributed by atoms with Gasteiger partial charge >= 0.3 is 5.97 Å². The zero-order chi connectivity index (χ0) is 33.6. The van der Waals surface area contributed by atoms with Gasteiger partial charge in [-0.05, 0) is 46.2 Å². The van der Waals surface area contributed by atoms with E-state index in [1.807, 2.05) is 47.2 Å². The molecule has 2 amide bonds. The van der Waals surface area contributed by atoms with Crippen LogP contribution in [0, 0.1) is 5.92 Å². The second-order valence-corrected chi connectivity index (χ2v) is 13.0. The highest BCUT2D eigenvalue weighted by molar-refractivity contribution is 7.98. The standard InChI is InChI=1S/C37H47N5O4S/c1-5-27(2)34(40-35(43)20-31-21-38-26-42(31)22-28-12-7-6-8-13-28)24-41(23-30-16-11-15-29-14-9-10-17-32(29)30)25-36(44)39-33(18-19-47-4)37(45)46-3/h6-17,21,26-27,33-34H,5,18-20,22-25H2,1-4H3,(H,39,44)(H,40,43)/t27?,33-,34+/m0/s1. The summed E-state index contributed by atoms with van der Waals surface area (Å²) in [7, 11) is 1.33. The van der Waals surface area contributed by atoms with Crippen molar-refractivity contribution in [2.75, 3.05) is 32.2 Å². The molecule has 0 spiro atoms. The highest BCUT2D eigenvalue weighted by Gasteiger charge is 2.26. The zero-order valence-electron chi connectivity index (χ0n) is 27.9. The van der Waals surface area contributed by atoms with E-state index in [2.05, 4.69) is 70.8 Å². The number of aromatic nitrogens is 2. The molecule has 0 aliphatic rings. The first-order valence-electron chi connectivity index (χ1n) is 16.2. The predicted molar refractivity (Wildman–Crippen MR) is 189 cm³/mol. The monoisotopic (exact) mass is 657 g/mol. The van der Waals surface area contributed by atoms with E-state index in [9.17, 15) is 14.4 Å². The molecule has 4 rings (SSSR count). The molecule has 1 aromatic heterocycles. The number of benzene rings is 3. The lowest BCUT2D eigenvalue weighted by molar-refractivity contribution is -0.145. The first-order chi connectivity index (χ1) is 22.8. The van der Waals surface area contributed by atoms with Crippen LogP contribution >= 0.6 is 11.8 Å². The summed E-state index contributed by atoms with van der Waals surface area (Å²) in [6.45, 7) is 5.87. The minimum atomic E-state index is -0.717. The first kappa shape index (κ1) is 35.7. The van der Waals surface area contributed by atoms with Crippen molar-refractivity contribution in [3.8, 4) is 0 Å². The van der Waals surface area contributed by atoms with Gasteiger partial charge in [0.25, 0.3) is 0 Å². The fraction of sp³-hybridized carbons (Fsp3) is 0.405. The maximum Gasteiger partial charge on any atom is 0.328 e. The smallest absolute Gasteiger partial charge is 0.328 e. The number of amides is 2. The van der Waals surface area contributed by atoms with Crippen molar-refractivity contribution in [3.05, 3.63) is 102 Å². The number of rotatable bonds is 18. The van der Waals surface area contributed by atoms with E-state index in [0.717, 1.165) is 34.0 Å². The molecule has 47 heavy (non-hydrogen) atoms. The molecule has 0 aliphatic carbocycles. The molecule has 0 saturated heterocycles. The Morgan fingerprint density at radius 2 is 1.72 bits per heavy atom. The number of methoxy groups -OCH3 is 1. The van der Waals surface area contributed by atoms with Crippen molar-refractivity contribution < 1.29 is 19.1 Å². The molecule has 9 nitrogen and oxygen atoms in total. The van der Waals surface area contributed by atoms with Gasteiger partial charge in [-0.25, -0.2) is 9.78 Å². The van der Waals surface area contributed by atoms with Crippen LogP contribution < -0.4 is 10.6 Å². The van der Waals surface area contributed by atoms with Gasteiger partial charge in [-0.15, -0.1) is 0 Å². The molecular formula is C37H47N5O4S. The first-order valence-corrected chi connectivity index (χ1v) is 17.6. The average molecular weight is 658 g/mol. The molecule has 250 valence electrons. The van der Waals surface area contributed by atoms with Gasteiger partial charge in [0.05, 0.1) is 26.4 Å². The molecule has 4 aromatic rings. The normalized spacial score (nSPS) is 13.2. The van der Waals surface area contributed by atoms with Crippen LogP contribution in [-0.4, -0.2) is 76.5 Å². The number of esters is 1. The van der Waals surface area contributed by atoms with Gasteiger partial charge in [0.1, 0.15) is 6.04 Å². The molecule has 3 atom stereocenters. The van der Waals surface area contributed by atoms with Crippen molar-refractivity contribution in [1.29, 1.82) is 0 Å². The van der Waals surface area contributed by atoms with Crippen LogP contribution in [0.4, 0.5) is 0 Å². The third-order valence-electron chi connectivity index (χ3n) is 8.54. The van der Waals surface area contributed by atoms with Gasteiger partial charge in [-0.1, -0.05) is 93.1 Å². The molecule has 0 fully saturated rings. The second kappa shape index (κ2) is 18.3. The highest BCUT2D eigenvalue weighted by Crippen LogP contribution is 2.21. The van der Waals surface area contributed by atoms with Crippen LogP contribution in [0.1, 0.15) is 43.5 Å². The van der Waals surface area contributed by atoms with Crippen molar-refractivity contribution in [2.24, 2.45) is 5.92 Å². The van der Waals surface area contributed by atoms with Gasteiger partial charge in [0.2, 0.25) is 11.8 Å². The van der Waals surface area contributed by atoms with Crippen LogP contribution in [0.15, 0.2) is 85.3 Å². The SMILES string of the molecule is CCC(C)[C@@H](CN(CC(=O)N[C@@H](CCSC)C(=O)OC)Cc1cccc2ccccc12)NC(=O)Cc1cncn1Cc1ccccc1. The van der Waals surface area contributed by atoms with Gasteiger partial charge in [0.15, 0.2) is 0 Å². The Morgan fingerprint density at radius 3 is 2.47 bits per heavy atom. The fourth-order valence-corrected chi connectivity index (χ4v) is 6.17. The lowest BCUT2D eigenvalue weighted by Gasteiger charge is -2.32. The van der Waals surface area contributed by atoms with Crippen molar-refractivity contribution >= 4 is 40.3 Å². The number of nitrogens with one attached hydrogen (secondary N) is 2. The van der Waals surface area contributed by atoms with Gasteiger partial charge in [-0.2, -0.15) is 11.8 Å². The minimum Gasteiger partial charge on any atom is -0.467 e. The van der Waals surface area contributed by atoms with E-state index in [0.29, 0.717) is 31.8 Å². The van der Waals surface area contributed by atoms with Crippen molar-refractivity contribution in [1.82, 2.24) is 25.1 Å². The number of hydrogen-bond acceptors (Lipinski definition) is 7. The quantitative estimate of drug-likeness (QED) is 0.144. The summed E-state index contributed by atoms with van der Waals surface area (Å²) in [5, 5.41) is 8.43. The Balaban J connectivity index is 1.53. The van der Waals surface area contributed by atoms with Crippen LogP contribution in [0.5, 0.6) is 0 Å². The summed E-state index contributed by atoms with van der Waals surface area (Å²) >= 11 is 1.61. The molecular weight excluding hydrogens is 611 g/mol. The van der Waals surface area contributed by atoms with E-state index in [4.69, 9.17) is 4.74 Å². The number of ether oxygens (including phenoxy) is 1. The molecule has 10 heteroatoms. The largest absolute Gasteiger partial charge is 0.467 e. The van der Waals surface area contributed by atoms with Crippen molar-refractivity contribution in [2.45, 2.75) is 58.3 Å². The molecule has 1 unspecified atom stereocenters. The molecule has 0 bridgehead atoms. The fourth-order valence-electron chi connectivity index (χ4n) is 5.70. The summed E-state index contributed by atoms with van der Waals surface area (Å²) in [6.07, 6.45) is 6.99. The molecule has 2 N–H and O–H groups in total. The maximum atomic E-state index is 13.5. The summed E-state index contributed by atoms with van der Waals surface area (Å²) < 4.78 is 6.97. The van der Waals surface area contributed by atoms with E-state index < -0.39 is 12.0 Å². The molecule has 0 saturated carbocycles. The number of thioether (sulfide) groups is 1. The lowest BCUT2D eigenvalue weighted by atomic mass is 9.97. The summed E-state index contributed by atoms with van der Waals surface area (Å²) in [5.41, 5.74) is 3.05. The third kappa shape index (κ3) is 10.7. The van der Waals surface area contributed by atoms with Gasteiger partial charge in [-0.3, -0.25) is 14.5 Å². The Morgan fingerprint density at radius 1 is 0.979 bits per heavy atom. The number of hydrogen-bond donors (Lipinski definition) is 2. The molecule has 1 heterocycles. The van der Waals surface area contributed by atoms with Gasteiger partial charge in [0, 0.05) is 37.6 Å². The van der Waals surface area contributed by atoms with Crippen LogP contribution in [0.3, 0.4) is 0 Å². The van der Waals surface area contributed by atoms with Crippen LogP contribution in [-0.2, 0) is 38.6 Å². The summed E-state index contributed by atoms with van der Waals surface area (Å²) in [4.78, 5) is 45.8. The molecule has 3 aromatic carbocycles. The number of nitrogens with zero attached hydrogens (tertiary/aromatic N) is 3. The minimum absolute atomic E-state index is 0.0582. The maximum absolute atomic E-state index is 13.5. The number of carbonyl (C=O) groups is 3. The van der Waals surface area contributed by atoms with E-state index in [1.165, 1.54) is 7.11 Å². The Labute approximate surface area is 282 Å². The third-order valence-corrected chi connectivity index (χ3v) is 9.18. The second-order valence-electron chi connectivity index (χ2n) is 12.0. The van der Waals surface area contributed by atoms with Crippen LogP contribution in [0.2, 0.25) is 0 Å². The van der Waals surface area contributed by atoms with Crippen molar-refractivity contribution in [3.63, 3.8) is 0 Å². The van der Waals surface area contributed by atoms with E-state index in [-0.39, 0.29) is 36.7 Å². The molecule has 0 aliphatic heterocycles. The Kier molecular flexibility index (Phi) is 13.9. The van der Waals surface area contributed by atoms with Gasteiger partial charge < -0.3 is 19.9 Å². The average Bonchev–Trinajstić information content (AvgIpc) is 3.51.